The molecule has 1 N–H and O–H groups in total. The first-order valence-corrected chi connectivity index (χ1v) is 9.54. The minimum absolute atomic E-state index is 0.696. The smallest absolute Gasteiger partial charge is 0.187 e. The molecule has 0 atom stereocenters. The van der Waals surface area contributed by atoms with Gasteiger partial charge in [0.05, 0.1) is 23.9 Å². The SMILES string of the molecule is CCc1ccc(OC)c(SNc2noc3ccc(Cn4cccn4)cc23)c1. The first-order chi connectivity index (χ1) is 13.3. The number of rotatable bonds is 7. The zero-order valence-corrected chi connectivity index (χ0v) is 16.0. The van der Waals surface area contributed by atoms with Gasteiger partial charge >= 0.3 is 0 Å². The maximum absolute atomic E-state index is 5.47. The molecule has 2 aromatic heterocycles. The third kappa shape index (κ3) is 3.78. The monoisotopic (exact) mass is 380 g/mol. The Morgan fingerprint density at radius 3 is 2.85 bits per heavy atom. The average molecular weight is 380 g/mol. The number of aryl methyl sites for hydroxylation is 1. The Morgan fingerprint density at radius 2 is 2.07 bits per heavy atom. The minimum atomic E-state index is 0.696. The summed E-state index contributed by atoms with van der Waals surface area (Å²) in [6, 6.07) is 14.2. The zero-order chi connectivity index (χ0) is 18.6. The lowest BCUT2D eigenvalue weighted by Gasteiger charge is -2.10. The van der Waals surface area contributed by atoms with Gasteiger partial charge in [-0.15, -0.1) is 0 Å². The molecule has 0 amide bonds. The number of hydrogen-bond acceptors (Lipinski definition) is 6. The summed E-state index contributed by atoms with van der Waals surface area (Å²) >= 11 is 1.47. The molecule has 27 heavy (non-hydrogen) atoms. The van der Waals surface area contributed by atoms with E-state index in [0.717, 1.165) is 33.6 Å². The van der Waals surface area contributed by atoms with Crippen LogP contribution < -0.4 is 9.46 Å². The van der Waals surface area contributed by atoms with E-state index in [-0.39, 0.29) is 0 Å². The van der Waals surface area contributed by atoms with E-state index in [4.69, 9.17) is 9.26 Å². The number of methoxy groups -OCH3 is 1. The van der Waals surface area contributed by atoms with Gasteiger partial charge in [0.2, 0.25) is 0 Å². The van der Waals surface area contributed by atoms with Gasteiger partial charge in [-0.3, -0.25) is 4.68 Å². The van der Waals surface area contributed by atoms with E-state index < -0.39 is 0 Å². The van der Waals surface area contributed by atoms with Gasteiger partial charge in [-0.25, -0.2) is 0 Å². The molecule has 138 valence electrons. The zero-order valence-electron chi connectivity index (χ0n) is 15.2. The standard InChI is InChI=1S/C20H20N4O2S/c1-3-14-5-8-18(25-2)19(12-14)27-23-20-16-11-15(6-7-17(16)26-22-20)13-24-10-4-9-21-24/h4-12H,3,13H2,1-2H3,(H,22,23). The normalized spacial score (nSPS) is 11.0. The number of aromatic nitrogens is 3. The number of ether oxygens (including phenoxy) is 1. The summed E-state index contributed by atoms with van der Waals surface area (Å²) in [5, 5.41) is 9.38. The molecule has 0 aliphatic carbocycles. The fourth-order valence-corrected chi connectivity index (χ4v) is 3.68. The van der Waals surface area contributed by atoms with Crippen molar-refractivity contribution in [3.63, 3.8) is 0 Å². The molecule has 2 heterocycles. The molecule has 7 heteroatoms. The summed E-state index contributed by atoms with van der Waals surface area (Å²) in [6.07, 6.45) is 4.69. The van der Waals surface area contributed by atoms with Crippen molar-refractivity contribution in [1.29, 1.82) is 0 Å². The molecular formula is C20H20N4O2S. The third-order valence-corrected chi connectivity index (χ3v) is 5.17. The first-order valence-electron chi connectivity index (χ1n) is 8.72. The number of anilines is 1. The van der Waals surface area contributed by atoms with Gasteiger partial charge in [0.25, 0.3) is 0 Å². The lowest BCUT2D eigenvalue weighted by molar-refractivity contribution is 0.404. The Bertz CT molecular complexity index is 1040. The molecule has 0 saturated heterocycles. The van der Waals surface area contributed by atoms with E-state index in [1.807, 2.05) is 35.1 Å². The van der Waals surface area contributed by atoms with Crippen molar-refractivity contribution in [2.45, 2.75) is 24.8 Å². The third-order valence-electron chi connectivity index (χ3n) is 4.33. The van der Waals surface area contributed by atoms with Gasteiger partial charge in [-0.05, 0) is 59.8 Å². The molecule has 2 aromatic carbocycles. The Labute approximate surface area is 161 Å². The number of fused-ring (bicyclic) bond motifs is 1. The number of benzene rings is 2. The second-order valence-electron chi connectivity index (χ2n) is 6.11. The van der Waals surface area contributed by atoms with E-state index in [9.17, 15) is 0 Å². The minimum Gasteiger partial charge on any atom is -0.496 e. The van der Waals surface area contributed by atoms with Crippen molar-refractivity contribution < 1.29 is 9.26 Å². The number of nitrogens with zero attached hydrogens (tertiary/aromatic N) is 3. The predicted molar refractivity (Wildman–Crippen MR) is 107 cm³/mol. The van der Waals surface area contributed by atoms with Gasteiger partial charge in [-0.2, -0.15) is 5.10 Å². The molecule has 6 nitrogen and oxygen atoms in total. The molecular weight excluding hydrogens is 360 g/mol. The molecule has 4 rings (SSSR count). The van der Waals surface area contributed by atoms with Crippen LogP contribution in [0.4, 0.5) is 5.82 Å². The van der Waals surface area contributed by atoms with Crippen molar-refractivity contribution in [2.75, 3.05) is 11.8 Å². The first kappa shape index (κ1) is 17.5. The van der Waals surface area contributed by atoms with Crippen LogP contribution in [0, 0.1) is 0 Å². The summed E-state index contributed by atoms with van der Waals surface area (Å²) in [6.45, 7) is 2.84. The summed E-state index contributed by atoms with van der Waals surface area (Å²) in [7, 11) is 1.68. The van der Waals surface area contributed by atoms with Crippen LogP contribution in [0.5, 0.6) is 5.75 Å². The molecule has 0 spiro atoms. The highest BCUT2D eigenvalue weighted by molar-refractivity contribution is 8.00. The van der Waals surface area contributed by atoms with Gasteiger partial charge in [0.1, 0.15) is 5.75 Å². The van der Waals surface area contributed by atoms with Crippen molar-refractivity contribution in [3.8, 4) is 5.75 Å². The maximum Gasteiger partial charge on any atom is 0.187 e. The quantitative estimate of drug-likeness (QED) is 0.466. The highest BCUT2D eigenvalue weighted by Crippen LogP contribution is 2.33. The van der Waals surface area contributed by atoms with E-state index in [1.54, 1.807) is 13.3 Å². The molecule has 0 bridgehead atoms. The van der Waals surface area contributed by atoms with Crippen LogP contribution in [0.1, 0.15) is 18.1 Å². The van der Waals surface area contributed by atoms with Crippen molar-refractivity contribution in [1.82, 2.24) is 14.9 Å². The molecule has 0 saturated carbocycles. The molecule has 4 aromatic rings. The molecule has 0 unspecified atom stereocenters. The van der Waals surface area contributed by atoms with E-state index >= 15 is 0 Å². The average Bonchev–Trinajstić information content (AvgIpc) is 3.35. The molecule has 0 aliphatic heterocycles. The highest BCUT2D eigenvalue weighted by atomic mass is 32.2. The fourth-order valence-electron chi connectivity index (χ4n) is 2.86. The largest absolute Gasteiger partial charge is 0.496 e. The summed E-state index contributed by atoms with van der Waals surface area (Å²) in [5.41, 5.74) is 3.14. The Hall–Kier alpha value is -2.93. The Kier molecular flexibility index (Phi) is 5.02. The highest BCUT2D eigenvalue weighted by Gasteiger charge is 2.12. The van der Waals surface area contributed by atoms with Crippen LogP contribution in [-0.2, 0) is 13.0 Å². The number of nitrogens with one attached hydrogen (secondary N) is 1. The van der Waals surface area contributed by atoms with Crippen LogP contribution in [-0.4, -0.2) is 22.0 Å². The summed E-state index contributed by atoms with van der Waals surface area (Å²) in [5.74, 6) is 1.53. The van der Waals surface area contributed by atoms with Crippen molar-refractivity contribution >= 4 is 28.7 Å². The van der Waals surface area contributed by atoms with Crippen LogP contribution in [0.2, 0.25) is 0 Å². The van der Waals surface area contributed by atoms with Crippen LogP contribution in [0.25, 0.3) is 11.0 Å². The molecule has 0 fully saturated rings. The Balaban J connectivity index is 1.57. The predicted octanol–water partition coefficient (Wildman–Crippen LogP) is 4.76. The Morgan fingerprint density at radius 1 is 1.19 bits per heavy atom. The van der Waals surface area contributed by atoms with E-state index in [0.29, 0.717) is 12.4 Å². The van der Waals surface area contributed by atoms with Crippen molar-refractivity contribution in [2.24, 2.45) is 0 Å². The maximum atomic E-state index is 5.47. The van der Waals surface area contributed by atoms with Crippen LogP contribution >= 0.6 is 11.9 Å². The molecule has 0 radical (unpaired) electrons. The van der Waals surface area contributed by atoms with Crippen LogP contribution in [0.3, 0.4) is 0 Å². The van der Waals surface area contributed by atoms with Crippen LogP contribution in [0.15, 0.2) is 64.3 Å². The van der Waals surface area contributed by atoms with Gasteiger partial charge in [0.15, 0.2) is 11.4 Å². The van der Waals surface area contributed by atoms with Gasteiger partial charge in [0, 0.05) is 12.4 Å². The van der Waals surface area contributed by atoms with Gasteiger partial charge in [-0.1, -0.05) is 24.2 Å². The summed E-state index contributed by atoms with van der Waals surface area (Å²) in [4.78, 5) is 1.01. The lowest BCUT2D eigenvalue weighted by atomic mass is 10.1. The van der Waals surface area contributed by atoms with E-state index in [1.165, 1.54) is 17.5 Å². The second kappa shape index (κ2) is 7.75. The number of hydrogen-bond donors (Lipinski definition) is 1. The van der Waals surface area contributed by atoms with E-state index in [2.05, 4.69) is 40.1 Å². The fraction of sp³-hybridized carbons (Fsp3) is 0.200. The topological polar surface area (TPSA) is 65.1 Å². The summed E-state index contributed by atoms with van der Waals surface area (Å²) < 4.78 is 16.1. The molecule has 0 aliphatic rings. The van der Waals surface area contributed by atoms with Gasteiger partial charge < -0.3 is 14.0 Å². The second-order valence-corrected chi connectivity index (χ2v) is 6.96. The lowest BCUT2D eigenvalue weighted by Crippen LogP contribution is -1.99. The van der Waals surface area contributed by atoms with Crippen molar-refractivity contribution in [3.05, 3.63) is 66.0 Å².